The minimum absolute atomic E-state index is 0.0423. The SMILES string of the molecule is CCc1ccc(O)c(O)c1.Clc1ccccc1Cl. The number of halogens is 2. The number of hydrogen-bond acceptors (Lipinski definition) is 2. The number of phenolic OH excluding ortho intramolecular Hbond substituents is 2. The summed E-state index contributed by atoms with van der Waals surface area (Å²) in [5, 5.41) is 19.1. The highest BCUT2D eigenvalue weighted by molar-refractivity contribution is 6.41. The standard InChI is InChI=1S/C8H10O2.C6H4Cl2/c1-2-6-3-4-7(9)8(10)5-6;7-5-3-1-2-4-6(5)8/h3-5,9-10H,2H2,1H3;1-4H. The molecule has 2 aromatic rings. The van der Waals surface area contributed by atoms with E-state index in [2.05, 4.69) is 0 Å². The number of rotatable bonds is 1. The average Bonchev–Trinajstić information content (AvgIpc) is 2.37. The van der Waals surface area contributed by atoms with Crippen LogP contribution in [-0.4, -0.2) is 10.2 Å². The molecule has 0 aromatic heterocycles. The fraction of sp³-hybridized carbons (Fsp3) is 0.143. The van der Waals surface area contributed by atoms with E-state index in [1.54, 1.807) is 24.3 Å². The van der Waals surface area contributed by atoms with Crippen molar-refractivity contribution in [2.45, 2.75) is 13.3 Å². The van der Waals surface area contributed by atoms with Gasteiger partial charge >= 0.3 is 0 Å². The van der Waals surface area contributed by atoms with Gasteiger partial charge < -0.3 is 10.2 Å². The molecule has 0 atom stereocenters. The maximum Gasteiger partial charge on any atom is 0.157 e. The first kappa shape index (κ1) is 14.7. The summed E-state index contributed by atoms with van der Waals surface area (Å²) in [7, 11) is 0. The van der Waals surface area contributed by atoms with Gasteiger partial charge in [0.2, 0.25) is 0 Å². The molecule has 0 saturated carbocycles. The van der Waals surface area contributed by atoms with E-state index in [0.29, 0.717) is 10.0 Å². The number of phenols is 2. The van der Waals surface area contributed by atoms with Crippen LogP contribution in [0.1, 0.15) is 12.5 Å². The first-order valence-electron chi connectivity index (χ1n) is 5.45. The van der Waals surface area contributed by atoms with Crippen molar-refractivity contribution in [3.8, 4) is 11.5 Å². The summed E-state index contributed by atoms with van der Waals surface area (Å²) >= 11 is 11.2. The average molecular weight is 285 g/mol. The van der Waals surface area contributed by atoms with Crippen LogP contribution in [0, 0.1) is 0 Å². The molecule has 0 fully saturated rings. The Morgan fingerprint density at radius 2 is 1.44 bits per heavy atom. The molecule has 0 aliphatic heterocycles. The molecular weight excluding hydrogens is 271 g/mol. The lowest BCUT2D eigenvalue weighted by Gasteiger charge is -1.98. The molecule has 0 aliphatic rings. The van der Waals surface area contributed by atoms with E-state index in [0.717, 1.165) is 12.0 Å². The molecule has 2 nitrogen and oxygen atoms in total. The van der Waals surface area contributed by atoms with Gasteiger partial charge in [-0.2, -0.15) is 0 Å². The van der Waals surface area contributed by atoms with Crippen molar-refractivity contribution < 1.29 is 10.2 Å². The highest BCUT2D eigenvalue weighted by atomic mass is 35.5. The molecule has 0 unspecified atom stereocenters. The van der Waals surface area contributed by atoms with Crippen LogP contribution in [0.4, 0.5) is 0 Å². The predicted octanol–water partition coefficient (Wildman–Crippen LogP) is 4.65. The number of aryl methyl sites for hydroxylation is 1. The van der Waals surface area contributed by atoms with Gasteiger partial charge in [0.05, 0.1) is 10.0 Å². The summed E-state index contributed by atoms with van der Waals surface area (Å²) in [5.41, 5.74) is 1.02. The van der Waals surface area contributed by atoms with Crippen LogP contribution in [0.3, 0.4) is 0 Å². The Hall–Kier alpha value is -1.38. The van der Waals surface area contributed by atoms with Crippen LogP contribution in [0.5, 0.6) is 11.5 Å². The quantitative estimate of drug-likeness (QED) is 0.748. The number of hydrogen-bond donors (Lipinski definition) is 2. The number of benzene rings is 2. The second-order valence-corrected chi connectivity index (χ2v) is 4.41. The molecule has 96 valence electrons. The molecule has 0 bridgehead atoms. The third-order valence-electron chi connectivity index (χ3n) is 2.27. The second-order valence-electron chi connectivity index (χ2n) is 3.59. The smallest absolute Gasteiger partial charge is 0.157 e. The van der Waals surface area contributed by atoms with Crippen LogP contribution in [0.2, 0.25) is 10.0 Å². The van der Waals surface area contributed by atoms with Gasteiger partial charge in [0.25, 0.3) is 0 Å². The number of aromatic hydroxyl groups is 2. The van der Waals surface area contributed by atoms with E-state index < -0.39 is 0 Å². The molecular formula is C14H14Cl2O2. The highest BCUT2D eigenvalue weighted by Gasteiger charge is 1.97. The van der Waals surface area contributed by atoms with Crippen molar-refractivity contribution in [3.63, 3.8) is 0 Å². The van der Waals surface area contributed by atoms with Crippen LogP contribution in [0.15, 0.2) is 42.5 Å². The molecule has 0 heterocycles. The van der Waals surface area contributed by atoms with Crippen LogP contribution in [0.25, 0.3) is 0 Å². The van der Waals surface area contributed by atoms with Gasteiger partial charge in [-0.1, -0.05) is 48.3 Å². The van der Waals surface area contributed by atoms with Gasteiger partial charge in [-0.25, -0.2) is 0 Å². The van der Waals surface area contributed by atoms with Gasteiger partial charge in [-0.3, -0.25) is 0 Å². The van der Waals surface area contributed by atoms with Gasteiger partial charge in [-0.15, -0.1) is 0 Å². The minimum Gasteiger partial charge on any atom is -0.504 e. The Kier molecular flexibility index (Phi) is 5.83. The Morgan fingerprint density at radius 3 is 1.83 bits per heavy atom. The monoisotopic (exact) mass is 284 g/mol. The Labute approximate surface area is 116 Å². The summed E-state index contributed by atoms with van der Waals surface area (Å²) in [6.07, 6.45) is 0.869. The van der Waals surface area contributed by atoms with Crippen LogP contribution < -0.4 is 0 Å². The zero-order valence-corrected chi connectivity index (χ0v) is 11.4. The molecule has 2 N–H and O–H groups in total. The minimum atomic E-state index is -0.0581. The molecule has 0 saturated heterocycles. The summed E-state index contributed by atoms with van der Waals surface area (Å²) in [4.78, 5) is 0. The van der Waals surface area contributed by atoms with E-state index >= 15 is 0 Å². The lowest BCUT2D eigenvalue weighted by Crippen LogP contribution is -1.77. The molecule has 0 spiro atoms. The first-order valence-corrected chi connectivity index (χ1v) is 6.21. The normalized spacial score (nSPS) is 9.50. The van der Waals surface area contributed by atoms with E-state index in [1.165, 1.54) is 6.07 Å². The lowest BCUT2D eigenvalue weighted by atomic mass is 10.1. The van der Waals surface area contributed by atoms with Crippen molar-refractivity contribution in [3.05, 3.63) is 58.1 Å². The fourth-order valence-electron chi connectivity index (χ4n) is 1.23. The van der Waals surface area contributed by atoms with E-state index in [-0.39, 0.29) is 11.5 Å². The van der Waals surface area contributed by atoms with Gasteiger partial charge in [0.1, 0.15) is 0 Å². The van der Waals surface area contributed by atoms with Crippen molar-refractivity contribution in [2.75, 3.05) is 0 Å². The molecule has 2 rings (SSSR count). The first-order chi connectivity index (χ1) is 8.54. The van der Waals surface area contributed by atoms with Crippen LogP contribution in [-0.2, 0) is 6.42 Å². The van der Waals surface area contributed by atoms with E-state index in [4.69, 9.17) is 33.4 Å². The Balaban J connectivity index is 0.000000184. The highest BCUT2D eigenvalue weighted by Crippen LogP contribution is 2.24. The largest absolute Gasteiger partial charge is 0.504 e. The van der Waals surface area contributed by atoms with Gasteiger partial charge in [0, 0.05) is 0 Å². The summed E-state index contributed by atoms with van der Waals surface area (Å²) in [6.45, 7) is 1.99. The molecule has 2 aromatic carbocycles. The second kappa shape index (κ2) is 7.14. The third kappa shape index (κ3) is 4.47. The van der Waals surface area contributed by atoms with Crippen molar-refractivity contribution >= 4 is 23.2 Å². The molecule has 0 radical (unpaired) electrons. The molecule has 0 amide bonds. The lowest BCUT2D eigenvalue weighted by molar-refractivity contribution is 0.403. The maximum atomic E-state index is 8.98. The van der Waals surface area contributed by atoms with E-state index in [1.807, 2.05) is 19.1 Å². The van der Waals surface area contributed by atoms with Gasteiger partial charge in [0.15, 0.2) is 11.5 Å². The summed E-state index contributed by atoms with van der Waals surface area (Å²) in [5.74, 6) is -0.100. The third-order valence-corrected chi connectivity index (χ3v) is 3.03. The summed E-state index contributed by atoms with van der Waals surface area (Å²) < 4.78 is 0. The topological polar surface area (TPSA) is 40.5 Å². The molecule has 0 aliphatic carbocycles. The Bertz CT molecular complexity index is 492. The molecule has 18 heavy (non-hydrogen) atoms. The van der Waals surface area contributed by atoms with Crippen molar-refractivity contribution in [2.24, 2.45) is 0 Å². The predicted molar refractivity (Wildman–Crippen MR) is 75.6 cm³/mol. The zero-order chi connectivity index (χ0) is 13.5. The van der Waals surface area contributed by atoms with Gasteiger partial charge in [-0.05, 0) is 36.2 Å². The van der Waals surface area contributed by atoms with E-state index in [9.17, 15) is 0 Å². The van der Waals surface area contributed by atoms with Crippen LogP contribution >= 0.6 is 23.2 Å². The maximum absolute atomic E-state index is 8.98. The zero-order valence-electron chi connectivity index (χ0n) is 9.90. The van der Waals surface area contributed by atoms with Crippen molar-refractivity contribution in [1.82, 2.24) is 0 Å². The fourth-order valence-corrected chi connectivity index (χ4v) is 1.50. The van der Waals surface area contributed by atoms with Crippen molar-refractivity contribution in [1.29, 1.82) is 0 Å². The Morgan fingerprint density at radius 1 is 0.889 bits per heavy atom. The molecule has 4 heteroatoms. The summed E-state index contributed by atoms with van der Waals surface area (Å²) in [6, 6.07) is 12.0.